The highest BCUT2D eigenvalue weighted by Crippen LogP contribution is 2.22. The molecule has 0 radical (unpaired) electrons. The molecule has 2 atom stereocenters. The molecule has 3 aromatic rings. The van der Waals surface area contributed by atoms with Crippen LogP contribution in [0.1, 0.15) is 36.8 Å². The van der Waals surface area contributed by atoms with Crippen molar-refractivity contribution in [3.8, 4) is 0 Å². The number of aryl methyl sites for hydroxylation is 1. The maximum Gasteiger partial charge on any atom is 0.407 e. The van der Waals surface area contributed by atoms with Crippen molar-refractivity contribution in [2.45, 2.75) is 51.3 Å². The molecule has 246 valence electrons. The van der Waals surface area contributed by atoms with Crippen LogP contribution in [0.4, 0.5) is 10.5 Å². The van der Waals surface area contributed by atoms with E-state index in [-0.39, 0.29) is 44.5 Å². The quantitative estimate of drug-likeness (QED) is 0.0833. The molecule has 1 aromatic heterocycles. The van der Waals surface area contributed by atoms with Crippen LogP contribution in [0.3, 0.4) is 0 Å². The molecule has 15 heteroatoms. The molecule has 0 spiro atoms. The number of nitrogens with zero attached hydrogens (tertiary/aromatic N) is 2. The van der Waals surface area contributed by atoms with Gasteiger partial charge in [-0.3, -0.25) is 19.4 Å². The van der Waals surface area contributed by atoms with Gasteiger partial charge >= 0.3 is 11.7 Å². The molecule has 4 amide bonds. The summed E-state index contributed by atoms with van der Waals surface area (Å²) in [5.74, 6) is -1.56. The highest BCUT2D eigenvalue weighted by atomic mass is 35.5. The number of hydrogen-bond donors (Lipinski definition) is 5. The van der Waals surface area contributed by atoms with Crippen molar-refractivity contribution >= 4 is 58.8 Å². The summed E-state index contributed by atoms with van der Waals surface area (Å²) in [4.78, 5) is 69.0. The molecule has 46 heavy (non-hydrogen) atoms. The molecule has 0 aliphatic carbocycles. The number of hydrogen-bond acceptors (Lipinski definition) is 8. The standard InChI is InChI=1S/C31H37N7O7.ClH/c1-19-15-27(40)45-25-16-21(11-12-22(19)25)36-28(41)23(9-5-13-34-30(32)33)37-29(42)24-10-6-14-38(24)26(39)17-35-31(43)44-18-20-7-3-2-4-8-20;/h2-4,7-8,11-12,15-16,23-24H,5-6,9-10,13-14,17-18H2,1H3,(H,35,43)(H,36,41)(H,37,42)(H4,32,33,34);1H/t23-,24-;/m0./s1. The predicted molar refractivity (Wildman–Crippen MR) is 174 cm³/mol. The number of nitrogens with two attached hydrogens (primary N) is 2. The first-order valence-corrected chi connectivity index (χ1v) is 14.6. The van der Waals surface area contributed by atoms with Crippen molar-refractivity contribution in [1.29, 1.82) is 0 Å². The van der Waals surface area contributed by atoms with Gasteiger partial charge < -0.3 is 41.5 Å². The van der Waals surface area contributed by atoms with Crippen LogP contribution in [0.2, 0.25) is 0 Å². The van der Waals surface area contributed by atoms with Gasteiger partial charge in [-0.15, -0.1) is 12.4 Å². The zero-order valence-corrected chi connectivity index (χ0v) is 26.1. The first-order valence-electron chi connectivity index (χ1n) is 14.6. The molecule has 1 fully saturated rings. The largest absolute Gasteiger partial charge is 0.445 e. The van der Waals surface area contributed by atoms with Gasteiger partial charge in [0, 0.05) is 36.3 Å². The number of carbonyl (C=O) groups is 4. The smallest absolute Gasteiger partial charge is 0.407 e. The molecule has 0 unspecified atom stereocenters. The first kappa shape index (κ1) is 35.4. The third-order valence-electron chi connectivity index (χ3n) is 7.27. The second-order valence-electron chi connectivity index (χ2n) is 10.6. The summed E-state index contributed by atoms with van der Waals surface area (Å²) in [5.41, 5.74) is 12.5. The maximum absolute atomic E-state index is 13.4. The van der Waals surface area contributed by atoms with Gasteiger partial charge in [-0.1, -0.05) is 30.3 Å². The number of halogens is 1. The fourth-order valence-electron chi connectivity index (χ4n) is 5.03. The van der Waals surface area contributed by atoms with Gasteiger partial charge in [0.05, 0.1) is 0 Å². The van der Waals surface area contributed by atoms with E-state index >= 15 is 0 Å². The lowest BCUT2D eigenvalue weighted by atomic mass is 10.1. The third kappa shape index (κ3) is 9.95. The number of rotatable bonds is 12. The van der Waals surface area contributed by atoms with Crippen molar-refractivity contribution in [2.24, 2.45) is 16.5 Å². The lowest BCUT2D eigenvalue weighted by molar-refractivity contribution is -0.138. The van der Waals surface area contributed by atoms with Crippen molar-refractivity contribution in [3.05, 3.63) is 76.1 Å². The fourth-order valence-corrected chi connectivity index (χ4v) is 5.03. The van der Waals surface area contributed by atoms with Crippen molar-refractivity contribution in [2.75, 3.05) is 25.0 Å². The van der Waals surface area contributed by atoms with Gasteiger partial charge in [-0.05, 0) is 55.9 Å². The number of fused-ring (bicyclic) bond motifs is 1. The van der Waals surface area contributed by atoms with Crippen LogP contribution < -0.4 is 33.0 Å². The van der Waals surface area contributed by atoms with E-state index in [2.05, 4.69) is 20.9 Å². The van der Waals surface area contributed by atoms with Crippen LogP contribution in [0.15, 0.2) is 68.8 Å². The summed E-state index contributed by atoms with van der Waals surface area (Å²) >= 11 is 0. The Balaban J connectivity index is 0.00000576. The number of anilines is 1. The minimum Gasteiger partial charge on any atom is -0.445 e. The lowest BCUT2D eigenvalue weighted by Crippen LogP contribution is -2.53. The van der Waals surface area contributed by atoms with E-state index in [1.54, 1.807) is 19.1 Å². The van der Waals surface area contributed by atoms with E-state index in [9.17, 15) is 24.0 Å². The highest BCUT2D eigenvalue weighted by Gasteiger charge is 2.36. The molecule has 0 bridgehead atoms. The normalized spacial score (nSPS) is 14.5. The average molecular weight is 656 g/mol. The van der Waals surface area contributed by atoms with Gasteiger partial charge in [-0.2, -0.15) is 0 Å². The number of alkyl carbamates (subject to hydrolysis) is 1. The Morgan fingerprint density at radius 2 is 1.87 bits per heavy atom. The number of carbonyl (C=O) groups excluding carboxylic acids is 4. The van der Waals surface area contributed by atoms with E-state index in [0.29, 0.717) is 37.1 Å². The molecule has 4 rings (SSSR count). The molecule has 1 aliphatic heterocycles. The van der Waals surface area contributed by atoms with Gasteiger partial charge in [0.25, 0.3) is 0 Å². The van der Waals surface area contributed by atoms with Crippen molar-refractivity contribution in [1.82, 2.24) is 15.5 Å². The van der Waals surface area contributed by atoms with Crippen molar-refractivity contribution in [3.63, 3.8) is 0 Å². The Hall–Kier alpha value is -5.11. The zero-order chi connectivity index (χ0) is 32.3. The lowest BCUT2D eigenvalue weighted by Gasteiger charge is -2.26. The number of ether oxygens (including phenoxy) is 1. The Morgan fingerprint density at radius 3 is 2.61 bits per heavy atom. The molecule has 14 nitrogen and oxygen atoms in total. The molecular weight excluding hydrogens is 618 g/mol. The highest BCUT2D eigenvalue weighted by molar-refractivity contribution is 5.99. The zero-order valence-electron chi connectivity index (χ0n) is 25.3. The Labute approximate surface area is 271 Å². The van der Waals surface area contributed by atoms with E-state index in [4.69, 9.17) is 20.6 Å². The Kier molecular flexibility index (Phi) is 12.9. The topological polar surface area (TPSA) is 211 Å². The van der Waals surface area contributed by atoms with E-state index in [0.717, 1.165) is 16.5 Å². The summed E-state index contributed by atoms with van der Waals surface area (Å²) in [7, 11) is 0. The second-order valence-corrected chi connectivity index (χ2v) is 10.6. The summed E-state index contributed by atoms with van der Waals surface area (Å²) in [6, 6.07) is 13.6. The molecule has 1 aliphatic rings. The van der Waals surface area contributed by atoms with Crippen LogP contribution in [0.25, 0.3) is 11.0 Å². The summed E-state index contributed by atoms with van der Waals surface area (Å²) < 4.78 is 10.4. The van der Waals surface area contributed by atoms with Crippen LogP contribution in [-0.4, -0.2) is 66.4 Å². The summed E-state index contributed by atoms with van der Waals surface area (Å²) in [6.07, 6.45) is 0.788. The van der Waals surface area contributed by atoms with Gasteiger partial charge in [-0.25, -0.2) is 9.59 Å². The predicted octanol–water partition coefficient (Wildman–Crippen LogP) is 1.92. The van der Waals surface area contributed by atoms with Crippen LogP contribution in [0.5, 0.6) is 0 Å². The summed E-state index contributed by atoms with van der Waals surface area (Å²) in [6.45, 7) is 2.04. The van der Waals surface area contributed by atoms with E-state index < -0.39 is 41.5 Å². The molecule has 0 saturated carbocycles. The minimum atomic E-state index is -0.990. The van der Waals surface area contributed by atoms with E-state index in [1.165, 1.54) is 17.0 Å². The number of amides is 4. The molecule has 2 aromatic carbocycles. The van der Waals surface area contributed by atoms with Gasteiger partial charge in [0.1, 0.15) is 30.8 Å². The Bertz CT molecular complexity index is 1630. The summed E-state index contributed by atoms with van der Waals surface area (Å²) in [5, 5.41) is 8.69. The fraction of sp³-hybridized carbons (Fsp3) is 0.355. The third-order valence-corrected chi connectivity index (χ3v) is 7.27. The maximum atomic E-state index is 13.4. The number of likely N-dealkylation sites (tertiary alicyclic amines) is 1. The van der Waals surface area contributed by atoms with E-state index in [1.807, 2.05) is 30.3 Å². The SMILES string of the molecule is Cc1cc(=O)oc2cc(NC(=O)[C@H](CCCN=C(N)N)NC(=O)[C@@H]3CCCN3C(=O)CNC(=O)OCc3ccccc3)ccc12.Cl. The molecular formula is C31H38ClN7O7. The second kappa shape index (κ2) is 16.8. The monoisotopic (exact) mass is 655 g/mol. The first-order chi connectivity index (χ1) is 21.6. The molecule has 1 saturated heterocycles. The molecule has 2 heterocycles. The number of benzene rings is 2. The van der Waals surface area contributed by atoms with Gasteiger partial charge in [0.15, 0.2) is 5.96 Å². The minimum absolute atomic E-state index is 0. The van der Waals surface area contributed by atoms with Crippen LogP contribution in [-0.2, 0) is 25.7 Å². The van der Waals surface area contributed by atoms with Crippen LogP contribution >= 0.6 is 12.4 Å². The number of guanidine groups is 1. The molecule has 7 N–H and O–H groups in total. The number of nitrogens with one attached hydrogen (secondary N) is 3. The van der Waals surface area contributed by atoms with Crippen LogP contribution in [0, 0.1) is 6.92 Å². The Morgan fingerprint density at radius 1 is 1.11 bits per heavy atom. The van der Waals surface area contributed by atoms with Gasteiger partial charge in [0.2, 0.25) is 17.7 Å². The van der Waals surface area contributed by atoms with Crippen molar-refractivity contribution < 1.29 is 28.3 Å². The average Bonchev–Trinajstić information content (AvgIpc) is 3.51. The number of aliphatic imine (C=N–C) groups is 1.